The summed E-state index contributed by atoms with van der Waals surface area (Å²) in [6.07, 6.45) is 3.20. The summed E-state index contributed by atoms with van der Waals surface area (Å²) in [6.45, 7) is 0.0967. The second-order valence-electron chi connectivity index (χ2n) is 7.19. The van der Waals surface area contributed by atoms with Crippen LogP contribution in [-0.4, -0.2) is 33.8 Å². The van der Waals surface area contributed by atoms with Gasteiger partial charge in [-0.05, 0) is 47.5 Å². The molecule has 3 aromatic rings. The van der Waals surface area contributed by atoms with Crippen LogP contribution in [0.1, 0.15) is 22.7 Å². The number of methoxy groups -OCH3 is 1. The number of aliphatic hydroxyl groups is 1. The quantitative estimate of drug-likeness (QED) is 0.350. The zero-order chi connectivity index (χ0) is 22.8. The molecule has 1 atom stereocenters. The Kier molecular flexibility index (Phi) is 5.92. The Hall–Kier alpha value is -3.71. The smallest absolute Gasteiger partial charge is 0.295 e. The molecule has 2 aromatic carbocycles. The lowest BCUT2D eigenvalue weighted by atomic mass is 9.95. The van der Waals surface area contributed by atoms with Gasteiger partial charge in [-0.15, -0.1) is 0 Å². The van der Waals surface area contributed by atoms with Crippen molar-refractivity contribution in [1.82, 2.24) is 9.88 Å². The zero-order valence-corrected chi connectivity index (χ0v) is 17.7. The third-order valence-corrected chi connectivity index (χ3v) is 5.48. The topological polar surface area (TPSA) is 79.7 Å². The fraction of sp³-hybridized carbons (Fsp3) is 0.125. The first-order valence-corrected chi connectivity index (χ1v) is 10.0. The highest BCUT2D eigenvalue weighted by atomic mass is 35.5. The maximum atomic E-state index is 14.3. The van der Waals surface area contributed by atoms with E-state index in [0.29, 0.717) is 16.1 Å². The molecule has 0 aliphatic carbocycles. The Balaban J connectivity index is 1.86. The minimum atomic E-state index is -0.891. The lowest BCUT2D eigenvalue weighted by Gasteiger charge is -2.25. The molecular formula is C24H18ClFN2O4. The van der Waals surface area contributed by atoms with Crippen LogP contribution in [0.25, 0.3) is 5.76 Å². The van der Waals surface area contributed by atoms with Crippen LogP contribution in [0.5, 0.6) is 5.75 Å². The minimum absolute atomic E-state index is 0.00664. The summed E-state index contributed by atoms with van der Waals surface area (Å²) < 4.78 is 19.2. The molecule has 0 bridgehead atoms. The molecule has 0 radical (unpaired) electrons. The van der Waals surface area contributed by atoms with Gasteiger partial charge in [-0.2, -0.15) is 0 Å². The van der Waals surface area contributed by atoms with Gasteiger partial charge in [0.1, 0.15) is 5.76 Å². The summed E-state index contributed by atoms with van der Waals surface area (Å²) in [5.41, 5.74) is 1.21. The maximum absolute atomic E-state index is 14.3. The highest BCUT2D eigenvalue weighted by molar-refractivity contribution is 6.46. The van der Waals surface area contributed by atoms with Crippen molar-refractivity contribution < 1.29 is 23.8 Å². The van der Waals surface area contributed by atoms with Crippen LogP contribution < -0.4 is 4.74 Å². The average molecular weight is 453 g/mol. The highest BCUT2D eigenvalue weighted by Crippen LogP contribution is 2.40. The van der Waals surface area contributed by atoms with Gasteiger partial charge < -0.3 is 14.7 Å². The van der Waals surface area contributed by atoms with Crippen molar-refractivity contribution in [3.63, 3.8) is 0 Å². The number of amides is 1. The van der Waals surface area contributed by atoms with Gasteiger partial charge in [-0.1, -0.05) is 29.8 Å². The van der Waals surface area contributed by atoms with Crippen LogP contribution in [0.4, 0.5) is 4.39 Å². The van der Waals surface area contributed by atoms with Gasteiger partial charge in [-0.25, -0.2) is 4.39 Å². The van der Waals surface area contributed by atoms with Gasteiger partial charge in [0.15, 0.2) is 11.6 Å². The number of likely N-dealkylation sites (tertiary alicyclic amines) is 1. The van der Waals surface area contributed by atoms with Crippen molar-refractivity contribution in [2.24, 2.45) is 0 Å². The fourth-order valence-electron chi connectivity index (χ4n) is 3.69. The SMILES string of the molecule is COc1ccc(C(O)=C2C(=O)C(=O)N(Cc3cccnc3)[C@@H]2c2ccc(Cl)cc2)cc1F. The monoisotopic (exact) mass is 452 g/mol. The van der Waals surface area contributed by atoms with Crippen LogP contribution >= 0.6 is 11.6 Å². The summed E-state index contributed by atoms with van der Waals surface area (Å²) in [5, 5.41) is 11.5. The molecule has 1 N–H and O–H groups in total. The number of ether oxygens (including phenoxy) is 1. The third kappa shape index (κ3) is 3.94. The van der Waals surface area contributed by atoms with Crippen molar-refractivity contribution in [1.29, 1.82) is 0 Å². The molecule has 0 spiro atoms. The number of aliphatic hydroxyl groups excluding tert-OH is 1. The minimum Gasteiger partial charge on any atom is -0.507 e. The molecule has 0 unspecified atom stereocenters. The Morgan fingerprint density at radius 3 is 2.56 bits per heavy atom. The number of pyridine rings is 1. The van der Waals surface area contributed by atoms with E-state index in [4.69, 9.17) is 16.3 Å². The Labute approximate surface area is 188 Å². The van der Waals surface area contributed by atoms with Crippen molar-refractivity contribution >= 4 is 29.1 Å². The number of aromatic nitrogens is 1. The van der Waals surface area contributed by atoms with Crippen LogP contribution in [0.2, 0.25) is 5.02 Å². The molecule has 1 aliphatic rings. The zero-order valence-electron chi connectivity index (χ0n) is 17.0. The van der Waals surface area contributed by atoms with E-state index in [-0.39, 0.29) is 23.4 Å². The lowest BCUT2D eigenvalue weighted by Crippen LogP contribution is -2.29. The maximum Gasteiger partial charge on any atom is 0.295 e. The molecule has 1 fully saturated rings. The Bertz CT molecular complexity index is 1210. The van der Waals surface area contributed by atoms with E-state index in [9.17, 15) is 19.1 Å². The molecule has 32 heavy (non-hydrogen) atoms. The van der Waals surface area contributed by atoms with Crippen molar-refractivity contribution in [2.45, 2.75) is 12.6 Å². The largest absolute Gasteiger partial charge is 0.507 e. The number of hydrogen-bond donors (Lipinski definition) is 1. The van der Waals surface area contributed by atoms with Crippen LogP contribution in [0.3, 0.4) is 0 Å². The van der Waals surface area contributed by atoms with Gasteiger partial charge >= 0.3 is 0 Å². The van der Waals surface area contributed by atoms with Gasteiger partial charge in [0.2, 0.25) is 0 Å². The molecule has 4 rings (SSSR count). The van der Waals surface area contributed by atoms with E-state index < -0.39 is 29.3 Å². The normalized spacial score (nSPS) is 17.6. The molecule has 2 heterocycles. The molecule has 0 saturated carbocycles. The Morgan fingerprint density at radius 2 is 1.94 bits per heavy atom. The number of Topliss-reactive ketones (excluding diaryl/α,β-unsaturated/α-hetero) is 1. The van der Waals surface area contributed by atoms with E-state index >= 15 is 0 Å². The van der Waals surface area contributed by atoms with Crippen molar-refractivity contribution in [3.05, 3.63) is 100 Å². The third-order valence-electron chi connectivity index (χ3n) is 5.23. The summed E-state index contributed by atoms with van der Waals surface area (Å²) in [6, 6.07) is 13.1. The first-order valence-electron chi connectivity index (χ1n) is 9.67. The molecular weight excluding hydrogens is 435 g/mol. The summed E-state index contributed by atoms with van der Waals surface area (Å²) in [4.78, 5) is 31.4. The Morgan fingerprint density at radius 1 is 1.19 bits per heavy atom. The van der Waals surface area contributed by atoms with Crippen molar-refractivity contribution in [3.8, 4) is 5.75 Å². The molecule has 8 heteroatoms. The molecule has 1 saturated heterocycles. The van der Waals surface area contributed by atoms with E-state index in [1.807, 2.05) is 0 Å². The summed E-state index contributed by atoms with van der Waals surface area (Å²) >= 11 is 6.01. The van der Waals surface area contributed by atoms with Gasteiger partial charge in [0, 0.05) is 29.5 Å². The van der Waals surface area contributed by atoms with E-state index in [0.717, 1.165) is 6.07 Å². The van der Waals surface area contributed by atoms with E-state index in [1.165, 1.54) is 24.1 Å². The highest BCUT2D eigenvalue weighted by Gasteiger charge is 2.46. The lowest BCUT2D eigenvalue weighted by molar-refractivity contribution is -0.140. The number of nitrogens with zero attached hydrogens (tertiary/aromatic N) is 2. The van der Waals surface area contributed by atoms with E-state index in [2.05, 4.69) is 4.98 Å². The predicted octanol–water partition coefficient (Wildman–Crippen LogP) is 4.50. The number of halogens is 2. The predicted molar refractivity (Wildman–Crippen MR) is 116 cm³/mol. The molecule has 6 nitrogen and oxygen atoms in total. The number of carbonyl (C=O) groups is 2. The summed E-state index contributed by atoms with van der Waals surface area (Å²) in [7, 11) is 1.32. The number of benzene rings is 2. The standard InChI is InChI=1S/C24H18ClFN2O4/c1-32-19-9-6-16(11-18(19)26)22(29)20-21(15-4-7-17(25)8-5-15)28(24(31)23(20)30)13-14-3-2-10-27-12-14/h2-12,21,29H,13H2,1H3/t21-/m1/s1. The van der Waals surface area contributed by atoms with Crippen LogP contribution in [-0.2, 0) is 16.1 Å². The number of rotatable bonds is 5. The number of carbonyl (C=O) groups excluding carboxylic acids is 2. The number of hydrogen-bond acceptors (Lipinski definition) is 5. The van der Waals surface area contributed by atoms with Gasteiger partial charge in [0.05, 0.1) is 18.7 Å². The van der Waals surface area contributed by atoms with Gasteiger partial charge in [0.25, 0.3) is 11.7 Å². The molecule has 162 valence electrons. The molecule has 1 aliphatic heterocycles. The number of ketones is 1. The van der Waals surface area contributed by atoms with Crippen molar-refractivity contribution in [2.75, 3.05) is 7.11 Å². The first kappa shape index (κ1) is 21.5. The van der Waals surface area contributed by atoms with E-state index in [1.54, 1.807) is 48.8 Å². The second kappa shape index (κ2) is 8.80. The second-order valence-corrected chi connectivity index (χ2v) is 7.63. The summed E-state index contributed by atoms with van der Waals surface area (Å²) in [5.74, 6) is -2.82. The molecule has 1 amide bonds. The first-order chi connectivity index (χ1) is 15.4. The average Bonchev–Trinajstić information content (AvgIpc) is 3.04. The van der Waals surface area contributed by atoms with Crippen LogP contribution in [0, 0.1) is 5.82 Å². The van der Waals surface area contributed by atoms with Crippen LogP contribution in [0.15, 0.2) is 72.6 Å². The van der Waals surface area contributed by atoms with Gasteiger partial charge in [-0.3, -0.25) is 14.6 Å². The molecule has 1 aromatic heterocycles. The fourth-order valence-corrected chi connectivity index (χ4v) is 3.82.